The van der Waals surface area contributed by atoms with E-state index in [9.17, 15) is 4.39 Å². The Hall–Kier alpha value is -0.150. The number of piperidine rings is 1. The van der Waals surface area contributed by atoms with Crippen molar-refractivity contribution >= 4 is 0 Å². The van der Waals surface area contributed by atoms with Gasteiger partial charge >= 0.3 is 0 Å². The van der Waals surface area contributed by atoms with Crippen LogP contribution in [0.5, 0.6) is 0 Å². The Bertz CT molecular complexity index is 161. The summed E-state index contributed by atoms with van der Waals surface area (Å²) in [6.45, 7) is 9.28. The molecule has 2 atom stereocenters. The lowest BCUT2D eigenvalue weighted by Crippen LogP contribution is -2.54. The minimum atomic E-state index is -0.626. The zero-order chi connectivity index (χ0) is 10.6. The average molecular weight is 203 g/mol. The van der Waals surface area contributed by atoms with Crippen molar-refractivity contribution in [3.05, 3.63) is 0 Å². The first-order valence-electron chi connectivity index (χ1n) is 5.73. The molecule has 2 nitrogen and oxygen atoms in total. The second kappa shape index (κ2) is 5.66. The van der Waals surface area contributed by atoms with Gasteiger partial charge in [0.05, 0.1) is 19.3 Å². The van der Waals surface area contributed by atoms with E-state index in [1.165, 1.54) is 0 Å². The highest BCUT2D eigenvalue weighted by Crippen LogP contribution is 2.23. The fraction of sp³-hybridized carbons (Fsp3) is 1.00. The lowest BCUT2D eigenvalue weighted by atomic mass is 9.96. The molecule has 2 heterocycles. The van der Waals surface area contributed by atoms with E-state index in [1.807, 2.05) is 20.8 Å². The van der Waals surface area contributed by atoms with Gasteiger partial charge in [-0.25, -0.2) is 4.39 Å². The van der Waals surface area contributed by atoms with Crippen LogP contribution in [0.2, 0.25) is 0 Å². The molecule has 2 rings (SSSR count). The summed E-state index contributed by atoms with van der Waals surface area (Å²) in [5.74, 6) is 0.252. The minimum absolute atomic E-state index is 0.252. The number of halogens is 1. The van der Waals surface area contributed by atoms with Gasteiger partial charge in [-0.15, -0.1) is 0 Å². The van der Waals surface area contributed by atoms with Gasteiger partial charge in [-0.05, 0) is 18.9 Å². The second-order valence-electron chi connectivity index (χ2n) is 3.97. The molecular formula is C11H22FNO. The molecule has 0 aromatic carbocycles. The van der Waals surface area contributed by atoms with Crippen LogP contribution in [0.3, 0.4) is 0 Å². The van der Waals surface area contributed by atoms with E-state index in [4.69, 9.17) is 4.74 Å². The minimum Gasteiger partial charge on any atom is -0.378 e. The maximum atomic E-state index is 13.3. The number of nitrogens with zero attached hydrogens (tertiary/aromatic N) is 1. The van der Waals surface area contributed by atoms with E-state index < -0.39 is 6.17 Å². The number of hydrogen-bond acceptors (Lipinski definition) is 2. The van der Waals surface area contributed by atoms with Crippen LogP contribution in [0.4, 0.5) is 4.39 Å². The molecule has 2 fully saturated rings. The van der Waals surface area contributed by atoms with Crippen LogP contribution < -0.4 is 0 Å². The van der Waals surface area contributed by atoms with Crippen LogP contribution >= 0.6 is 0 Å². The summed E-state index contributed by atoms with van der Waals surface area (Å²) >= 11 is 0. The van der Waals surface area contributed by atoms with Crippen LogP contribution in [0, 0.1) is 5.92 Å². The molecule has 3 heteroatoms. The Morgan fingerprint density at radius 1 is 1.29 bits per heavy atom. The molecule has 0 aromatic heterocycles. The van der Waals surface area contributed by atoms with E-state index in [1.54, 1.807) is 0 Å². The quantitative estimate of drug-likeness (QED) is 0.647. The fourth-order valence-electron chi connectivity index (χ4n) is 1.81. The van der Waals surface area contributed by atoms with Gasteiger partial charge in [-0.3, -0.25) is 4.90 Å². The van der Waals surface area contributed by atoms with Crippen molar-refractivity contribution in [2.75, 3.05) is 26.3 Å². The van der Waals surface area contributed by atoms with Crippen LogP contribution in [-0.4, -0.2) is 43.4 Å². The molecule has 0 bridgehead atoms. The van der Waals surface area contributed by atoms with Crippen LogP contribution in [0.1, 0.15) is 27.2 Å². The molecule has 2 unspecified atom stereocenters. The number of rotatable bonds is 1. The molecule has 2 saturated heterocycles. The second-order valence-corrected chi connectivity index (χ2v) is 3.97. The molecule has 0 aliphatic carbocycles. The topological polar surface area (TPSA) is 12.5 Å². The van der Waals surface area contributed by atoms with Gasteiger partial charge in [0.2, 0.25) is 0 Å². The van der Waals surface area contributed by atoms with Crippen molar-refractivity contribution < 1.29 is 9.13 Å². The fourth-order valence-corrected chi connectivity index (χ4v) is 1.81. The summed E-state index contributed by atoms with van der Waals surface area (Å²) in [4.78, 5) is 2.23. The predicted octanol–water partition coefficient (Wildman–Crippen LogP) is 2.09. The number of likely N-dealkylation sites (tertiary alicyclic amines) is 1. The Labute approximate surface area is 86.4 Å². The van der Waals surface area contributed by atoms with Crippen molar-refractivity contribution in [2.45, 2.75) is 39.4 Å². The van der Waals surface area contributed by atoms with Gasteiger partial charge in [-0.1, -0.05) is 20.8 Å². The third-order valence-electron chi connectivity index (χ3n) is 3.03. The monoisotopic (exact) mass is 203 g/mol. The van der Waals surface area contributed by atoms with Gasteiger partial charge in [-0.2, -0.15) is 0 Å². The van der Waals surface area contributed by atoms with E-state index in [0.29, 0.717) is 12.6 Å². The zero-order valence-electron chi connectivity index (χ0n) is 9.50. The molecule has 0 aromatic rings. The molecule has 0 amide bonds. The molecule has 0 N–H and O–H groups in total. The highest BCUT2D eigenvalue weighted by molar-refractivity contribution is 4.85. The van der Waals surface area contributed by atoms with E-state index in [2.05, 4.69) is 4.90 Å². The Balaban J connectivity index is 0.000000461. The molecule has 84 valence electrons. The Kier molecular flexibility index (Phi) is 4.82. The number of ether oxygens (including phenoxy) is 1. The summed E-state index contributed by atoms with van der Waals surface area (Å²) in [6.07, 6.45) is 0.372. The first-order chi connectivity index (χ1) is 6.77. The molecule has 0 saturated carbocycles. The summed E-state index contributed by atoms with van der Waals surface area (Å²) in [6, 6.07) is 0.510. The Morgan fingerprint density at radius 3 is 2.36 bits per heavy atom. The molecule has 0 radical (unpaired) electrons. The maximum Gasteiger partial charge on any atom is 0.115 e. The smallest absolute Gasteiger partial charge is 0.115 e. The van der Waals surface area contributed by atoms with Gasteiger partial charge in [0.15, 0.2) is 0 Å². The summed E-state index contributed by atoms with van der Waals surface area (Å²) in [5, 5.41) is 0. The van der Waals surface area contributed by atoms with E-state index in [-0.39, 0.29) is 5.92 Å². The highest BCUT2D eigenvalue weighted by Gasteiger charge is 2.33. The number of hydrogen-bond donors (Lipinski definition) is 0. The summed E-state index contributed by atoms with van der Waals surface area (Å²) < 4.78 is 18.4. The van der Waals surface area contributed by atoms with Gasteiger partial charge in [0.25, 0.3) is 0 Å². The van der Waals surface area contributed by atoms with Crippen LogP contribution in [0.25, 0.3) is 0 Å². The van der Waals surface area contributed by atoms with Gasteiger partial charge in [0, 0.05) is 6.54 Å². The third kappa shape index (κ3) is 2.67. The molecule has 2 aliphatic rings. The summed E-state index contributed by atoms with van der Waals surface area (Å²) in [5.41, 5.74) is 0. The normalized spacial score (nSPS) is 34.3. The van der Waals surface area contributed by atoms with Crippen molar-refractivity contribution in [1.29, 1.82) is 0 Å². The van der Waals surface area contributed by atoms with Crippen molar-refractivity contribution in [3.63, 3.8) is 0 Å². The molecule has 0 spiro atoms. The maximum absolute atomic E-state index is 13.3. The first-order valence-corrected chi connectivity index (χ1v) is 5.73. The van der Waals surface area contributed by atoms with Crippen molar-refractivity contribution in [1.82, 2.24) is 4.90 Å². The molecule has 2 aliphatic heterocycles. The van der Waals surface area contributed by atoms with Crippen molar-refractivity contribution in [2.24, 2.45) is 5.92 Å². The highest BCUT2D eigenvalue weighted by atomic mass is 19.1. The lowest BCUT2D eigenvalue weighted by Gasteiger charge is -2.42. The predicted molar refractivity (Wildman–Crippen MR) is 56.2 cm³/mol. The molecule has 14 heavy (non-hydrogen) atoms. The van der Waals surface area contributed by atoms with Crippen LogP contribution in [-0.2, 0) is 4.74 Å². The largest absolute Gasteiger partial charge is 0.378 e. The van der Waals surface area contributed by atoms with Crippen molar-refractivity contribution in [3.8, 4) is 0 Å². The summed E-state index contributed by atoms with van der Waals surface area (Å²) in [7, 11) is 0. The molecular weight excluding hydrogens is 181 g/mol. The zero-order valence-corrected chi connectivity index (χ0v) is 9.50. The first kappa shape index (κ1) is 11.9. The van der Waals surface area contributed by atoms with E-state index >= 15 is 0 Å². The number of alkyl halides is 1. The van der Waals surface area contributed by atoms with E-state index in [0.717, 1.165) is 26.2 Å². The third-order valence-corrected chi connectivity index (χ3v) is 3.03. The Morgan fingerprint density at radius 2 is 1.93 bits per heavy atom. The van der Waals surface area contributed by atoms with Gasteiger partial charge < -0.3 is 4.74 Å². The average Bonchev–Trinajstić information content (AvgIpc) is 2.12. The SMILES string of the molecule is CC.CC1CCN(C2COC2)CC1F. The van der Waals surface area contributed by atoms with Crippen LogP contribution in [0.15, 0.2) is 0 Å². The van der Waals surface area contributed by atoms with Gasteiger partial charge in [0.1, 0.15) is 6.17 Å². The standard InChI is InChI=1S/C9H16FNO.C2H6/c1-7-2-3-11(4-9(7)10)8-5-12-6-8;1-2/h7-9H,2-6H2,1H3;1-2H3. The lowest BCUT2D eigenvalue weighted by molar-refractivity contribution is -0.0841.